The van der Waals surface area contributed by atoms with Gasteiger partial charge in [0.15, 0.2) is 0 Å². The van der Waals surface area contributed by atoms with E-state index in [0.717, 1.165) is 6.42 Å². The third-order valence-corrected chi connectivity index (χ3v) is 8.30. The van der Waals surface area contributed by atoms with Crippen LogP contribution in [-0.2, 0) is 0 Å². The molecule has 0 radical (unpaired) electrons. The first-order valence-electron chi connectivity index (χ1n) is 7.62. The number of aryl methyl sites for hydroxylation is 1. The molecule has 0 nitrogen and oxygen atoms in total. The van der Waals surface area contributed by atoms with Crippen molar-refractivity contribution < 1.29 is 0 Å². The van der Waals surface area contributed by atoms with Gasteiger partial charge < -0.3 is 0 Å². The molecule has 106 valence electrons. The molecule has 0 heterocycles. The fraction of sp³-hybridized carbons (Fsp3) is 0.200. The van der Waals surface area contributed by atoms with E-state index >= 15 is 0 Å². The van der Waals surface area contributed by atoms with Gasteiger partial charge in [-0.1, -0.05) is 95.8 Å². The average Bonchev–Trinajstić information content (AvgIpc) is 2.99. The van der Waals surface area contributed by atoms with E-state index in [9.17, 15) is 0 Å². The highest BCUT2D eigenvalue weighted by Gasteiger charge is 2.31. The molecule has 2 aromatic rings. The number of hydrogen-bond acceptors (Lipinski definition) is 0. The minimum Gasteiger partial charge on any atom is -0.0802 e. The highest BCUT2D eigenvalue weighted by atomic mass is 28.3. The maximum absolute atomic E-state index is 2.48. The van der Waals surface area contributed by atoms with Gasteiger partial charge in [-0.05, 0) is 24.5 Å². The van der Waals surface area contributed by atoms with Crippen molar-refractivity contribution in [3.05, 3.63) is 83.1 Å². The maximum Gasteiger partial charge on any atom is 0.108 e. The van der Waals surface area contributed by atoms with Gasteiger partial charge in [-0.25, -0.2) is 0 Å². The SMILES string of the molecule is Cc1ccc([Si](C)(C)C2=C(c3ccccc3)C=CC2)cc1. The van der Waals surface area contributed by atoms with Crippen LogP contribution in [-0.4, -0.2) is 8.07 Å². The minimum absolute atomic E-state index is 1.11. The average molecular weight is 290 g/mol. The van der Waals surface area contributed by atoms with Crippen LogP contribution in [0.4, 0.5) is 0 Å². The van der Waals surface area contributed by atoms with Crippen molar-refractivity contribution in [2.75, 3.05) is 0 Å². The Morgan fingerprint density at radius 3 is 2.19 bits per heavy atom. The summed E-state index contributed by atoms with van der Waals surface area (Å²) in [6.45, 7) is 7.11. The van der Waals surface area contributed by atoms with Gasteiger partial charge in [0.05, 0.1) is 0 Å². The Morgan fingerprint density at radius 2 is 1.52 bits per heavy atom. The molecule has 0 unspecified atom stereocenters. The molecule has 1 heteroatoms. The van der Waals surface area contributed by atoms with Crippen molar-refractivity contribution in [1.82, 2.24) is 0 Å². The third kappa shape index (κ3) is 2.66. The first kappa shape index (κ1) is 14.1. The van der Waals surface area contributed by atoms with Gasteiger partial charge in [0.1, 0.15) is 8.07 Å². The molecule has 2 aromatic carbocycles. The molecule has 0 atom stereocenters. The summed E-state index contributed by atoms with van der Waals surface area (Å²) < 4.78 is 0. The predicted octanol–water partition coefficient (Wildman–Crippen LogP) is 4.86. The lowest BCUT2D eigenvalue weighted by Crippen LogP contribution is -2.43. The summed E-state index contributed by atoms with van der Waals surface area (Å²) in [6.07, 6.45) is 5.74. The van der Waals surface area contributed by atoms with Gasteiger partial charge in [0.2, 0.25) is 0 Å². The Labute approximate surface area is 128 Å². The third-order valence-electron chi connectivity index (χ3n) is 4.54. The smallest absolute Gasteiger partial charge is 0.0802 e. The van der Waals surface area contributed by atoms with Crippen molar-refractivity contribution in [3.63, 3.8) is 0 Å². The second-order valence-corrected chi connectivity index (χ2v) is 10.8. The molecule has 21 heavy (non-hydrogen) atoms. The Balaban J connectivity index is 2.07. The summed E-state index contributed by atoms with van der Waals surface area (Å²) in [5.74, 6) is 0. The van der Waals surface area contributed by atoms with Gasteiger partial charge in [0.25, 0.3) is 0 Å². The van der Waals surface area contributed by atoms with Gasteiger partial charge in [-0.15, -0.1) is 0 Å². The van der Waals surface area contributed by atoms with Crippen LogP contribution >= 0.6 is 0 Å². The van der Waals surface area contributed by atoms with Crippen LogP contribution in [0.15, 0.2) is 71.9 Å². The summed E-state index contributed by atoms with van der Waals surface area (Å²) in [4.78, 5) is 0. The van der Waals surface area contributed by atoms with E-state index in [4.69, 9.17) is 0 Å². The molecular formula is C20H22Si. The topological polar surface area (TPSA) is 0 Å². The second kappa shape index (κ2) is 5.49. The Hall–Kier alpha value is -1.86. The van der Waals surface area contributed by atoms with E-state index < -0.39 is 8.07 Å². The number of rotatable bonds is 3. The predicted molar refractivity (Wildman–Crippen MR) is 95.4 cm³/mol. The first-order valence-corrected chi connectivity index (χ1v) is 10.6. The Morgan fingerprint density at radius 1 is 0.857 bits per heavy atom. The van der Waals surface area contributed by atoms with Crippen LogP contribution < -0.4 is 5.19 Å². The normalized spacial score (nSPS) is 14.8. The molecule has 0 N–H and O–H groups in total. The summed E-state index contributed by atoms with van der Waals surface area (Å²) in [6, 6.07) is 20.0. The van der Waals surface area contributed by atoms with E-state index in [0.29, 0.717) is 0 Å². The van der Waals surface area contributed by atoms with E-state index in [1.807, 2.05) is 0 Å². The van der Waals surface area contributed by atoms with E-state index in [-0.39, 0.29) is 0 Å². The lowest BCUT2D eigenvalue weighted by Gasteiger charge is -2.27. The molecule has 0 spiro atoms. The fourth-order valence-corrected chi connectivity index (χ4v) is 6.01. The zero-order chi connectivity index (χ0) is 14.9. The van der Waals surface area contributed by atoms with E-state index in [2.05, 4.69) is 86.8 Å². The van der Waals surface area contributed by atoms with Crippen LogP contribution in [0, 0.1) is 6.92 Å². The summed E-state index contributed by atoms with van der Waals surface area (Å²) in [5.41, 5.74) is 4.15. The van der Waals surface area contributed by atoms with Crippen molar-refractivity contribution in [2.24, 2.45) is 0 Å². The summed E-state index contributed by atoms with van der Waals surface area (Å²) in [5, 5.41) is 3.18. The molecule has 0 amide bonds. The number of hydrogen-bond donors (Lipinski definition) is 0. The first-order chi connectivity index (χ1) is 10.1. The standard InChI is InChI=1S/C20H22Si/c1-16-12-14-18(15-13-16)21(2,3)20-11-7-10-19(20)17-8-5-4-6-9-17/h4-10,12-15H,11H2,1-3H3. The number of benzene rings is 2. The maximum atomic E-state index is 2.48. The highest BCUT2D eigenvalue weighted by Crippen LogP contribution is 2.34. The molecule has 0 saturated heterocycles. The van der Waals surface area contributed by atoms with Crippen LogP contribution in [0.1, 0.15) is 17.5 Å². The molecule has 1 aliphatic rings. The zero-order valence-corrected chi connectivity index (χ0v) is 14.1. The molecule has 0 bridgehead atoms. The molecular weight excluding hydrogens is 268 g/mol. The monoisotopic (exact) mass is 290 g/mol. The fourth-order valence-electron chi connectivity index (χ4n) is 3.13. The second-order valence-electron chi connectivity index (χ2n) is 6.36. The van der Waals surface area contributed by atoms with E-state index in [1.54, 1.807) is 5.20 Å². The summed E-state index contributed by atoms with van der Waals surface area (Å²) >= 11 is 0. The molecule has 0 fully saturated rings. The van der Waals surface area contributed by atoms with E-state index in [1.165, 1.54) is 21.9 Å². The lowest BCUT2D eigenvalue weighted by molar-refractivity contribution is 1.36. The van der Waals surface area contributed by atoms with Crippen LogP contribution in [0.2, 0.25) is 13.1 Å². The van der Waals surface area contributed by atoms with Gasteiger partial charge in [-0.2, -0.15) is 0 Å². The van der Waals surface area contributed by atoms with Gasteiger partial charge in [0, 0.05) is 0 Å². The summed E-state index contributed by atoms with van der Waals surface area (Å²) in [7, 11) is -1.60. The molecule has 0 saturated carbocycles. The van der Waals surface area contributed by atoms with Crippen molar-refractivity contribution in [2.45, 2.75) is 26.4 Å². The van der Waals surface area contributed by atoms with Crippen LogP contribution in [0.25, 0.3) is 5.57 Å². The lowest BCUT2D eigenvalue weighted by atomic mass is 10.1. The molecule has 1 aliphatic carbocycles. The minimum atomic E-state index is -1.60. The van der Waals surface area contributed by atoms with Gasteiger partial charge >= 0.3 is 0 Å². The molecule has 0 aliphatic heterocycles. The van der Waals surface area contributed by atoms with Gasteiger partial charge in [-0.3, -0.25) is 0 Å². The van der Waals surface area contributed by atoms with Crippen molar-refractivity contribution in [1.29, 1.82) is 0 Å². The quantitative estimate of drug-likeness (QED) is 0.708. The highest BCUT2D eigenvalue weighted by molar-refractivity contribution is 6.96. The largest absolute Gasteiger partial charge is 0.108 e. The molecule has 3 rings (SSSR count). The van der Waals surface area contributed by atoms with Crippen molar-refractivity contribution >= 4 is 18.8 Å². The van der Waals surface area contributed by atoms with Crippen LogP contribution in [0.3, 0.4) is 0 Å². The number of allylic oxidation sites excluding steroid dienone is 4. The van der Waals surface area contributed by atoms with Crippen molar-refractivity contribution in [3.8, 4) is 0 Å². The Kier molecular flexibility index (Phi) is 3.69. The molecule has 0 aromatic heterocycles. The Bertz CT molecular complexity index is 688. The van der Waals surface area contributed by atoms with Crippen LogP contribution in [0.5, 0.6) is 0 Å². The zero-order valence-electron chi connectivity index (χ0n) is 13.1.